The van der Waals surface area contributed by atoms with Crippen molar-refractivity contribution in [2.75, 3.05) is 0 Å². The summed E-state index contributed by atoms with van der Waals surface area (Å²) in [5, 5.41) is 14.4. The number of nitriles is 1. The summed E-state index contributed by atoms with van der Waals surface area (Å²) < 4.78 is 0. The van der Waals surface area contributed by atoms with E-state index in [-0.39, 0.29) is 5.41 Å². The molecule has 0 aliphatic heterocycles. The van der Waals surface area contributed by atoms with Crippen molar-refractivity contribution in [2.45, 2.75) is 19.3 Å². The van der Waals surface area contributed by atoms with Crippen molar-refractivity contribution in [2.24, 2.45) is 0 Å². The second-order valence-corrected chi connectivity index (χ2v) is 13.4. The molecule has 0 saturated heterocycles. The lowest BCUT2D eigenvalue weighted by atomic mass is 9.81. The lowest BCUT2D eigenvalue weighted by molar-refractivity contribution is 0.660. The number of nitrogens with zero attached hydrogens (tertiary/aromatic N) is 3. The molecule has 3 heteroatoms. The van der Waals surface area contributed by atoms with E-state index in [4.69, 9.17) is 9.97 Å². The lowest BCUT2D eigenvalue weighted by Crippen LogP contribution is -2.15. The molecule has 49 heavy (non-hydrogen) atoms. The van der Waals surface area contributed by atoms with Gasteiger partial charge in [-0.15, -0.1) is 0 Å². The van der Waals surface area contributed by atoms with Gasteiger partial charge in [0.05, 0.1) is 23.0 Å². The molecule has 1 aliphatic carbocycles. The van der Waals surface area contributed by atoms with Gasteiger partial charge in [0.1, 0.15) is 0 Å². The predicted octanol–water partition coefficient (Wildman–Crippen LogP) is 11.6. The molecule has 0 bridgehead atoms. The summed E-state index contributed by atoms with van der Waals surface area (Å²) in [4.78, 5) is 10.4. The van der Waals surface area contributed by atoms with Gasteiger partial charge < -0.3 is 0 Å². The second kappa shape index (κ2) is 11.1. The Morgan fingerprint density at radius 3 is 1.80 bits per heavy atom. The molecule has 0 fully saturated rings. The summed E-state index contributed by atoms with van der Waals surface area (Å²) in [6.45, 7) is 4.51. The van der Waals surface area contributed by atoms with Crippen LogP contribution in [0.4, 0.5) is 0 Å². The van der Waals surface area contributed by atoms with Crippen LogP contribution in [0.3, 0.4) is 0 Å². The first-order chi connectivity index (χ1) is 24.0. The first kappa shape index (κ1) is 28.8. The standard InChI is InChI=1S/C46H31N3/c1-46(2)40-16-8-15-38(44(40)39-22-17-29(28-47)23-41(39)46)34-13-7-14-35(26-34)42-27-43(36-20-18-30-9-3-5-11-32(30)24-36)49-45(48-42)37-21-19-31-10-4-6-12-33(31)25-37/h3-27H,1-2H3. The zero-order valence-corrected chi connectivity index (χ0v) is 27.3. The maximum absolute atomic E-state index is 9.64. The SMILES string of the molecule is CC1(C)c2cc(C#N)ccc2-c2c(-c3cccc(-c4cc(-c5ccc6ccccc6c5)nc(-c5ccc6ccccc6c5)n4)c3)cccc21. The van der Waals surface area contributed by atoms with Crippen LogP contribution in [0.2, 0.25) is 0 Å². The average Bonchev–Trinajstić information content (AvgIpc) is 3.39. The summed E-state index contributed by atoms with van der Waals surface area (Å²) in [7, 11) is 0. The number of hydrogen-bond acceptors (Lipinski definition) is 3. The summed E-state index contributed by atoms with van der Waals surface area (Å²) in [6.07, 6.45) is 0. The van der Waals surface area contributed by atoms with Gasteiger partial charge in [0.25, 0.3) is 0 Å². The van der Waals surface area contributed by atoms with E-state index in [1.165, 1.54) is 44.0 Å². The Hall–Kier alpha value is -6.37. The highest BCUT2D eigenvalue weighted by atomic mass is 14.9. The maximum Gasteiger partial charge on any atom is 0.160 e. The third kappa shape index (κ3) is 4.81. The minimum Gasteiger partial charge on any atom is -0.228 e. The molecule has 0 amide bonds. The molecule has 1 aromatic heterocycles. The summed E-state index contributed by atoms with van der Waals surface area (Å²) >= 11 is 0. The van der Waals surface area contributed by atoms with Crippen molar-refractivity contribution in [3.63, 3.8) is 0 Å². The average molecular weight is 626 g/mol. The minimum atomic E-state index is -0.207. The lowest BCUT2D eigenvalue weighted by Gasteiger charge is -2.21. The van der Waals surface area contributed by atoms with Gasteiger partial charge in [0.2, 0.25) is 0 Å². The molecule has 1 aliphatic rings. The van der Waals surface area contributed by atoms with Crippen LogP contribution in [-0.2, 0) is 5.41 Å². The minimum absolute atomic E-state index is 0.207. The van der Waals surface area contributed by atoms with E-state index in [0.717, 1.165) is 39.0 Å². The Morgan fingerprint density at radius 2 is 1.08 bits per heavy atom. The monoisotopic (exact) mass is 625 g/mol. The van der Waals surface area contributed by atoms with Crippen LogP contribution in [0, 0.1) is 11.3 Å². The van der Waals surface area contributed by atoms with E-state index in [1.807, 2.05) is 6.07 Å². The number of benzene rings is 7. The van der Waals surface area contributed by atoms with Crippen LogP contribution < -0.4 is 0 Å². The van der Waals surface area contributed by atoms with Gasteiger partial charge in [-0.3, -0.25) is 0 Å². The van der Waals surface area contributed by atoms with Gasteiger partial charge in [-0.25, -0.2) is 9.97 Å². The Labute approximate surface area is 285 Å². The van der Waals surface area contributed by atoms with Crippen LogP contribution in [-0.4, -0.2) is 9.97 Å². The van der Waals surface area contributed by atoms with Gasteiger partial charge in [0.15, 0.2) is 5.82 Å². The van der Waals surface area contributed by atoms with Gasteiger partial charge >= 0.3 is 0 Å². The molecule has 8 aromatic rings. The molecule has 0 radical (unpaired) electrons. The van der Waals surface area contributed by atoms with Crippen LogP contribution in [0.1, 0.15) is 30.5 Å². The largest absolute Gasteiger partial charge is 0.228 e. The molecule has 0 atom stereocenters. The normalized spacial score (nSPS) is 12.8. The van der Waals surface area contributed by atoms with E-state index >= 15 is 0 Å². The van der Waals surface area contributed by atoms with Crippen molar-refractivity contribution in [1.29, 1.82) is 5.26 Å². The van der Waals surface area contributed by atoms with Crippen molar-refractivity contribution < 1.29 is 0 Å². The number of fused-ring (bicyclic) bond motifs is 5. The van der Waals surface area contributed by atoms with E-state index < -0.39 is 0 Å². The third-order valence-corrected chi connectivity index (χ3v) is 10.1. The quantitative estimate of drug-likeness (QED) is 0.195. The van der Waals surface area contributed by atoms with E-state index in [9.17, 15) is 5.26 Å². The summed E-state index contributed by atoms with van der Waals surface area (Å²) in [5.74, 6) is 0.696. The summed E-state index contributed by atoms with van der Waals surface area (Å²) in [5.41, 5.74) is 12.5. The molecule has 0 saturated carbocycles. The predicted molar refractivity (Wildman–Crippen MR) is 201 cm³/mol. The summed E-state index contributed by atoms with van der Waals surface area (Å²) in [6, 6.07) is 55.6. The highest BCUT2D eigenvalue weighted by Crippen LogP contribution is 2.52. The Morgan fingerprint density at radius 1 is 0.469 bits per heavy atom. The Balaban J connectivity index is 1.22. The fourth-order valence-corrected chi connectivity index (χ4v) is 7.49. The fourth-order valence-electron chi connectivity index (χ4n) is 7.49. The second-order valence-electron chi connectivity index (χ2n) is 13.4. The van der Waals surface area contributed by atoms with E-state index in [0.29, 0.717) is 11.4 Å². The Bertz CT molecular complexity index is 2560. The fraction of sp³-hybridized carbons (Fsp3) is 0.0652. The number of hydrogen-bond donors (Lipinski definition) is 0. The van der Waals surface area contributed by atoms with Crippen molar-refractivity contribution >= 4 is 21.5 Å². The first-order valence-electron chi connectivity index (χ1n) is 16.6. The smallest absolute Gasteiger partial charge is 0.160 e. The van der Waals surface area contributed by atoms with E-state index in [1.54, 1.807) is 0 Å². The molecular weight excluding hydrogens is 595 g/mol. The molecule has 0 spiro atoms. The molecule has 0 N–H and O–H groups in total. The molecule has 3 nitrogen and oxygen atoms in total. The van der Waals surface area contributed by atoms with Crippen LogP contribution in [0.15, 0.2) is 152 Å². The Kier molecular flexibility index (Phi) is 6.54. The van der Waals surface area contributed by atoms with Crippen molar-refractivity contribution in [1.82, 2.24) is 9.97 Å². The highest BCUT2D eigenvalue weighted by molar-refractivity contribution is 5.94. The zero-order valence-electron chi connectivity index (χ0n) is 27.3. The molecule has 9 rings (SSSR count). The number of aromatic nitrogens is 2. The maximum atomic E-state index is 9.64. The van der Waals surface area contributed by atoms with E-state index in [2.05, 4.69) is 166 Å². The van der Waals surface area contributed by atoms with Crippen molar-refractivity contribution in [3.05, 3.63) is 168 Å². The van der Waals surface area contributed by atoms with Crippen LogP contribution in [0.5, 0.6) is 0 Å². The molecule has 1 heterocycles. The molecule has 7 aromatic carbocycles. The first-order valence-corrected chi connectivity index (χ1v) is 16.6. The topological polar surface area (TPSA) is 49.6 Å². The van der Waals surface area contributed by atoms with Gasteiger partial charge in [-0.2, -0.15) is 5.26 Å². The van der Waals surface area contributed by atoms with Crippen LogP contribution in [0.25, 0.3) is 77.7 Å². The molecule has 230 valence electrons. The van der Waals surface area contributed by atoms with Crippen molar-refractivity contribution in [3.8, 4) is 62.2 Å². The van der Waals surface area contributed by atoms with Gasteiger partial charge in [-0.1, -0.05) is 129 Å². The zero-order chi connectivity index (χ0) is 33.1. The van der Waals surface area contributed by atoms with Gasteiger partial charge in [-0.05, 0) is 91.3 Å². The molecular formula is C46H31N3. The number of rotatable bonds is 4. The van der Waals surface area contributed by atoms with Gasteiger partial charge in [0, 0.05) is 22.1 Å². The highest BCUT2D eigenvalue weighted by Gasteiger charge is 2.37. The third-order valence-electron chi connectivity index (χ3n) is 10.1. The van der Waals surface area contributed by atoms with Crippen LogP contribution >= 0.6 is 0 Å². The molecule has 0 unspecified atom stereocenters.